The fraction of sp³-hybridized carbons (Fsp3) is 0.688. The topological polar surface area (TPSA) is 58.6 Å². The van der Waals surface area contributed by atoms with Crippen molar-refractivity contribution in [2.75, 3.05) is 44.3 Å². The summed E-state index contributed by atoms with van der Waals surface area (Å²) in [4.78, 5) is 25.7. The van der Waals surface area contributed by atoms with Gasteiger partial charge in [-0.3, -0.25) is 4.79 Å². The lowest BCUT2D eigenvalue weighted by molar-refractivity contribution is -0.139. The number of nitrogens with zero attached hydrogens (tertiary/aromatic N) is 4. The monoisotopic (exact) mass is 304 g/mol. The zero-order valence-corrected chi connectivity index (χ0v) is 13.4. The molecule has 0 unspecified atom stereocenters. The van der Waals surface area contributed by atoms with Crippen molar-refractivity contribution in [3.63, 3.8) is 0 Å². The molecule has 22 heavy (non-hydrogen) atoms. The summed E-state index contributed by atoms with van der Waals surface area (Å²) in [6.07, 6.45) is 2.00. The highest BCUT2D eigenvalue weighted by Gasteiger charge is 2.30. The Morgan fingerprint density at radius 3 is 2.73 bits per heavy atom. The lowest BCUT2D eigenvalue weighted by atomic mass is 9.96. The van der Waals surface area contributed by atoms with E-state index in [0.29, 0.717) is 13.2 Å². The van der Waals surface area contributed by atoms with E-state index in [9.17, 15) is 4.79 Å². The fourth-order valence-electron chi connectivity index (χ4n) is 3.29. The molecule has 1 aromatic rings. The van der Waals surface area contributed by atoms with Crippen molar-refractivity contribution in [3.8, 4) is 0 Å². The number of anilines is 1. The largest absolute Gasteiger partial charge is 0.378 e. The van der Waals surface area contributed by atoms with Gasteiger partial charge in [0.2, 0.25) is 5.91 Å². The average Bonchev–Trinajstić information content (AvgIpc) is 2.54. The van der Waals surface area contributed by atoms with E-state index in [1.54, 1.807) is 0 Å². The highest BCUT2D eigenvalue weighted by molar-refractivity contribution is 5.79. The maximum Gasteiger partial charge on any atom is 0.227 e. The Bertz CT molecular complexity index is 523. The molecule has 0 aliphatic carbocycles. The molecule has 6 nitrogen and oxygen atoms in total. The third-order valence-corrected chi connectivity index (χ3v) is 4.37. The van der Waals surface area contributed by atoms with Crippen molar-refractivity contribution in [2.45, 2.75) is 26.7 Å². The number of aromatic nitrogens is 2. The minimum Gasteiger partial charge on any atom is -0.378 e. The van der Waals surface area contributed by atoms with Gasteiger partial charge in [-0.1, -0.05) is 0 Å². The van der Waals surface area contributed by atoms with Crippen LogP contribution in [0.5, 0.6) is 0 Å². The standard InChI is InChI=1S/C16H24N4O2/c1-12-10-15(18-13(2)17-12)20-5-3-4-14(11-20)16(21)19-6-8-22-9-7-19/h10,14H,3-9,11H2,1-2H3/t14-/m1/s1. The lowest BCUT2D eigenvalue weighted by Gasteiger charge is -2.36. The van der Waals surface area contributed by atoms with Crippen LogP contribution in [0, 0.1) is 19.8 Å². The number of hydrogen-bond donors (Lipinski definition) is 0. The molecular weight excluding hydrogens is 280 g/mol. The Labute approximate surface area is 131 Å². The minimum atomic E-state index is 0.0717. The molecule has 2 aliphatic heterocycles. The van der Waals surface area contributed by atoms with Gasteiger partial charge in [0.05, 0.1) is 19.1 Å². The molecule has 2 saturated heterocycles. The second-order valence-corrected chi connectivity index (χ2v) is 6.14. The van der Waals surface area contributed by atoms with Gasteiger partial charge in [0.25, 0.3) is 0 Å². The summed E-state index contributed by atoms with van der Waals surface area (Å²) in [6, 6.07) is 2.01. The van der Waals surface area contributed by atoms with Gasteiger partial charge in [0, 0.05) is 37.9 Å². The number of morpholine rings is 1. The lowest BCUT2D eigenvalue weighted by Crippen LogP contribution is -2.48. The van der Waals surface area contributed by atoms with E-state index >= 15 is 0 Å². The van der Waals surface area contributed by atoms with Crippen LogP contribution in [0.25, 0.3) is 0 Å². The van der Waals surface area contributed by atoms with E-state index in [0.717, 1.165) is 56.4 Å². The summed E-state index contributed by atoms with van der Waals surface area (Å²) < 4.78 is 5.33. The first-order valence-electron chi connectivity index (χ1n) is 8.07. The molecule has 0 spiro atoms. The molecule has 3 heterocycles. The normalized spacial score (nSPS) is 22.7. The molecule has 1 aromatic heterocycles. The van der Waals surface area contributed by atoms with Crippen LogP contribution in [0.15, 0.2) is 6.07 Å². The molecule has 6 heteroatoms. The average molecular weight is 304 g/mol. The maximum atomic E-state index is 12.7. The first-order valence-corrected chi connectivity index (χ1v) is 8.07. The van der Waals surface area contributed by atoms with E-state index < -0.39 is 0 Å². The van der Waals surface area contributed by atoms with Crippen molar-refractivity contribution in [3.05, 3.63) is 17.6 Å². The number of piperidine rings is 1. The van der Waals surface area contributed by atoms with Crippen LogP contribution in [0.3, 0.4) is 0 Å². The SMILES string of the molecule is Cc1cc(N2CCC[C@@H](C(=O)N3CCOCC3)C2)nc(C)n1. The number of amides is 1. The number of hydrogen-bond acceptors (Lipinski definition) is 5. The van der Waals surface area contributed by atoms with Gasteiger partial charge in [0.15, 0.2) is 0 Å². The zero-order valence-electron chi connectivity index (χ0n) is 13.4. The van der Waals surface area contributed by atoms with Gasteiger partial charge < -0.3 is 14.5 Å². The van der Waals surface area contributed by atoms with Gasteiger partial charge in [-0.05, 0) is 26.7 Å². The van der Waals surface area contributed by atoms with Gasteiger partial charge in [-0.25, -0.2) is 9.97 Å². The number of aryl methyl sites for hydroxylation is 2. The van der Waals surface area contributed by atoms with Gasteiger partial charge in [-0.2, -0.15) is 0 Å². The third-order valence-electron chi connectivity index (χ3n) is 4.37. The minimum absolute atomic E-state index is 0.0717. The van der Waals surface area contributed by atoms with Gasteiger partial charge in [-0.15, -0.1) is 0 Å². The number of carbonyl (C=O) groups is 1. The molecule has 2 aliphatic rings. The van der Waals surface area contributed by atoms with Crippen molar-refractivity contribution >= 4 is 11.7 Å². The molecule has 0 bridgehead atoms. The highest BCUT2D eigenvalue weighted by atomic mass is 16.5. The highest BCUT2D eigenvalue weighted by Crippen LogP contribution is 2.24. The van der Waals surface area contributed by atoms with Crippen LogP contribution >= 0.6 is 0 Å². The first kappa shape index (κ1) is 15.2. The zero-order chi connectivity index (χ0) is 15.5. The smallest absolute Gasteiger partial charge is 0.227 e. The van der Waals surface area contributed by atoms with E-state index in [4.69, 9.17) is 4.74 Å². The van der Waals surface area contributed by atoms with Crippen molar-refractivity contribution in [2.24, 2.45) is 5.92 Å². The Morgan fingerprint density at radius 2 is 2.00 bits per heavy atom. The second-order valence-electron chi connectivity index (χ2n) is 6.14. The van der Waals surface area contributed by atoms with Crippen LogP contribution < -0.4 is 4.90 Å². The number of rotatable bonds is 2. The summed E-state index contributed by atoms with van der Waals surface area (Å²) in [5, 5.41) is 0. The molecule has 120 valence electrons. The molecule has 0 saturated carbocycles. The van der Waals surface area contributed by atoms with Crippen LogP contribution in [0.2, 0.25) is 0 Å². The fourth-order valence-corrected chi connectivity index (χ4v) is 3.29. The van der Waals surface area contributed by atoms with Gasteiger partial charge in [0.1, 0.15) is 11.6 Å². The van der Waals surface area contributed by atoms with Crippen LogP contribution in [0.1, 0.15) is 24.4 Å². The van der Waals surface area contributed by atoms with Crippen molar-refractivity contribution in [1.29, 1.82) is 0 Å². The molecule has 0 N–H and O–H groups in total. The van der Waals surface area contributed by atoms with Crippen LogP contribution in [-0.2, 0) is 9.53 Å². The van der Waals surface area contributed by atoms with Crippen LogP contribution in [0.4, 0.5) is 5.82 Å². The van der Waals surface area contributed by atoms with Crippen LogP contribution in [-0.4, -0.2) is 60.2 Å². The summed E-state index contributed by atoms with van der Waals surface area (Å²) in [5.74, 6) is 2.08. The predicted molar refractivity (Wildman–Crippen MR) is 83.8 cm³/mol. The molecular formula is C16H24N4O2. The van der Waals surface area contributed by atoms with E-state index in [-0.39, 0.29) is 11.8 Å². The van der Waals surface area contributed by atoms with E-state index in [1.165, 1.54) is 0 Å². The molecule has 3 rings (SSSR count). The van der Waals surface area contributed by atoms with E-state index in [1.807, 2.05) is 24.8 Å². The third kappa shape index (κ3) is 3.38. The molecule has 0 radical (unpaired) electrons. The molecule has 2 fully saturated rings. The predicted octanol–water partition coefficient (Wildman–Crippen LogP) is 1.17. The second kappa shape index (κ2) is 6.60. The van der Waals surface area contributed by atoms with Crippen molar-refractivity contribution in [1.82, 2.24) is 14.9 Å². The number of carbonyl (C=O) groups excluding carboxylic acids is 1. The Hall–Kier alpha value is -1.69. The summed E-state index contributed by atoms with van der Waals surface area (Å²) >= 11 is 0. The number of ether oxygens (including phenoxy) is 1. The van der Waals surface area contributed by atoms with Crippen molar-refractivity contribution < 1.29 is 9.53 Å². The molecule has 1 atom stereocenters. The summed E-state index contributed by atoms with van der Waals surface area (Å²) in [7, 11) is 0. The molecule has 0 aromatic carbocycles. The quantitative estimate of drug-likeness (QED) is 0.821. The van der Waals surface area contributed by atoms with Gasteiger partial charge >= 0.3 is 0 Å². The summed E-state index contributed by atoms with van der Waals surface area (Å²) in [6.45, 7) is 8.38. The maximum absolute atomic E-state index is 12.7. The Kier molecular flexibility index (Phi) is 4.57. The Morgan fingerprint density at radius 1 is 1.23 bits per heavy atom. The Balaban J connectivity index is 1.69. The van der Waals surface area contributed by atoms with E-state index in [2.05, 4.69) is 14.9 Å². The summed E-state index contributed by atoms with van der Waals surface area (Å²) in [5.41, 5.74) is 0.976. The molecule has 1 amide bonds. The first-order chi connectivity index (χ1) is 10.6.